The number of amides is 1. The van der Waals surface area contributed by atoms with Crippen molar-refractivity contribution >= 4 is 17.3 Å². The van der Waals surface area contributed by atoms with Gasteiger partial charge in [-0.2, -0.15) is 0 Å². The summed E-state index contributed by atoms with van der Waals surface area (Å²) in [6, 6.07) is 7.10. The molecule has 0 saturated heterocycles. The summed E-state index contributed by atoms with van der Waals surface area (Å²) in [5.74, 6) is -0.0819. The van der Waals surface area contributed by atoms with Crippen LogP contribution in [0.25, 0.3) is 0 Å². The van der Waals surface area contributed by atoms with E-state index in [1.807, 2.05) is 13.8 Å². The lowest BCUT2D eigenvalue weighted by molar-refractivity contribution is -0.117. The molecule has 0 aliphatic rings. The fourth-order valence-electron chi connectivity index (χ4n) is 1.53. The summed E-state index contributed by atoms with van der Waals surface area (Å²) in [6.07, 6.45) is 1.11. The first-order chi connectivity index (χ1) is 9.43. The molecule has 0 fully saturated rings. The fourth-order valence-corrected chi connectivity index (χ4v) is 1.53. The van der Waals surface area contributed by atoms with Crippen molar-refractivity contribution in [3.63, 3.8) is 0 Å². The maximum absolute atomic E-state index is 11.7. The number of rotatable bonds is 8. The van der Waals surface area contributed by atoms with Crippen LogP contribution >= 0.6 is 0 Å². The second-order valence-electron chi connectivity index (χ2n) is 5.25. The van der Waals surface area contributed by atoms with E-state index in [4.69, 9.17) is 15.2 Å². The third-order valence-electron chi connectivity index (χ3n) is 3.04. The van der Waals surface area contributed by atoms with Crippen LogP contribution in [-0.4, -0.2) is 31.8 Å². The van der Waals surface area contributed by atoms with Crippen LogP contribution in [0.4, 0.5) is 11.4 Å². The molecule has 0 spiro atoms. The van der Waals surface area contributed by atoms with Gasteiger partial charge in [-0.05, 0) is 38.5 Å². The molecule has 0 bridgehead atoms. The third-order valence-corrected chi connectivity index (χ3v) is 3.04. The Bertz CT molecular complexity index is 433. The molecule has 1 amide bonds. The van der Waals surface area contributed by atoms with Gasteiger partial charge >= 0.3 is 0 Å². The largest absolute Gasteiger partial charge is 0.399 e. The van der Waals surface area contributed by atoms with Gasteiger partial charge in [-0.15, -0.1) is 0 Å². The summed E-state index contributed by atoms with van der Waals surface area (Å²) in [6.45, 7) is 4.98. The average molecular weight is 280 g/mol. The highest BCUT2D eigenvalue weighted by atomic mass is 16.5. The van der Waals surface area contributed by atoms with Crippen molar-refractivity contribution in [1.29, 1.82) is 0 Å². The van der Waals surface area contributed by atoms with Crippen molar-refractivity contribution < 1.29 is 14.3 Å². The quantitative estimate of drug-likeness (QED) is 0.566. The Morgan fingerprint density at radius 2 is 2.10 bits per heavy atom. The number of methoxy groups -OCH3 is 1. The lowest BCUT2D eigenvalue weighted by Crippen LogP contribution is -2.24. The summed E-state index contributed by atoms with van der Waals surface area (Å²) in [7, 11) is 1.68. The normalized spacial score (nSPS) is 11.3. The number of carbonyl (C=O) groups excluding carboxylic acids is 1. The highest BCUT2D eigenvalue weighted by Gasteiger charge is 2.15. The Hall–Kier alpha value is -1.59. The predicted octanol–water partition coefficient (Wildman–Crippen LogP) is 2.43. The molecule has 1 rings (SSSR count). The number of nitrogens with two attached hydrogens (primary N) is 1. The minimum atomic E-state index is -0.191. The fraction of sp³-hybridized carbons (Fsp3) is 0.533. The van der Waals surface area contributed by atoms with Gasteiger partial charge in [0.05, 0.1) is 18.6 Å². The maximum Gasteiger partial charge on any atom is 0.226 e. The Balaban J connectivity index is 2.18. The van der Waals surface area contributed by atoms with Crippen LogP contribution in [0.2, 0.25) is 0 Å². The van der Waals surface area contributed by atoms with Gasteiger partial charge in [0.2, 0.25) is 5.91 Å². The second kappa shape index (κ2) is 7.87. The molecule has 5 heteroatoms. The van der Waals surface area contributed by atoms with E-state index < -0.39 is 0 Å². The number of ether oxygens (including phenoxy) is 2. The summed E-state index contributed by atoms with van der Waals surface area (Å²) in [5.41, 5.74) is 6.78. The van der Waals surface area contributed by atoms with Crippen LogP contribution in [0.1, 0.15) is 26.7 Å². The van der Waals surface area contributed by atoms with Gasteiger partial charge in [-0.25, -0.2) is 0 Å². The van der Waals surface area contributed by atoms with E-state index in [1.54, 1.807) is 31.4 Å². The molecule has 0 atom stereocenters. The van der Waals surface area contributed by atoms with Crippen molar-refractivity contribution in [2.24, 2.45) is 0 Å². The first kappa shape index (κ1) is 16.5. The van der Waals surface area contributed by atoms with Crippen LogP contribution < -0.4 is 11.1 Å². The van der Waals surface area contributed by atoms with Crippen LogP contribution in [0.5, 0.6) is 0 Å². The van der Waals surface area contributed by atoms with Crippen LogP contribution in [0.3, 0.4) is 0 Å². The molecular formula is C15H24N2O3. The van der Waals surface area contributed by atoms with E-state index in [0.29, 0.717) is 31.0 Å². The molecule has 0 radical (unpaired) electrons. The number of nitrogen functional groups attached to an aromatic ring is 1. The Kier molecular flexibility index (Phi) is 6.48. The number of carbonyl (C=O) groups is 1. The van der Waals surface area contributed by atoms with Gasteiger partial charge in [-0.1, -0.05) is 6.07 Å². The first-order valence-corrected chi connectivity index (χ1v) is 6.71. The van der Waals surface area contributed by atoms with Crippen molar-refractivity contribution in [1.82, 2.24) is 0 Å². The smallest absolute Gasteiger partial charge is 0.226 e. The van der Waals surface area contributed by atoms with E-state index in [1.165, 1.54) is 0 Å². The minimum Gasteiger partial charge on any atom is -0.399 e. The van der Waals surface area contributed by atoms with Crippen molar-refractivity contribution in [3.05, 3.63) is 24.3 Å². The molecule has 3 N–H and O–H groups in total. The Morgan fingerprint density at radius 1 is 1.35 bits per heavy atom. The number of hydrogen-bond acceptors (Lipinski definition) is 4. The molecule has 5 nitrogen and oxygen atoms in total. The highest BCUT2D eigenvalue weighted by molar-refractivity contribution is 5.91. The van der Waals surface area contributed by atoms with Crippen molar-refractivity contribution in [2.75, 3.05) is 31.4 Å². The highest BCUT2D eigenvalue weighted by Crippen LogP contribution is 2.13. The van der Waals surface area contributed by atoms with Gasteiger partial charge in [-0.3, -0.25) is 4.79 Å². The van der Waals surface area contributed by atoms with Gasteiger partial charge in [0.15, 0.2) is 0 Å². The SMILES string of the molecule is COC(C)(C)CCOCCC(=O)Nc1cccc(N)c1. The van der Waals surface area contributed by atoms with Crippen molar-refractivity contribution in [3.8, 4) is 0 Å². The minimum absolute atomic E-state index is 0.0819. The first-order valence-electron chi connectivity index (χ1n) is 6.71. The van der Waals surface area contributed by atoms with Crippen LogP contribution in [0.15, 0.2) is 24.3 Å². The third kappa shape index (κ3) is 6.54. The summed E-state index contributed by atoms with van der Waals surface area (Å²) in [5, 5.41) is 2.78. The van der Waals surface area contributed by atoms with E-state index in [9.17, 15) is 4.79 Å². The number of hydrogen-bond donors (Lipinski definition) is 2. The standard InChI is InChI=1S/C15H24N2O3/c1-15(2,19-3)8-10-20-9-7-14(18)17-13-6-4-5-12(16)11-13/h4-6,11H,7-10,16H2,1-3H3,(H,17,18). The van der Waals surface area contributed by atoms with E-state index in [2.05, 4.69) is 5.32 Å². The molecule has 0 saturated carbocycles. The number of anilines is 2. The second-order valence-corrected chi connectivity index (χ2v) is 5.25. The van der Waals surface area contributed by atoms with Crippen molar-refractivity contribution in [2.45, 2.75) is 32.3 Å². The summed E-state index contributed by atoms with van der Waals surface area (Å²) >= 11 is 0. The zero-order chi connectivity index (χ0) is 15.0. The maximum atomic E-state index is 11.7. The van der Waals surface area contributed by atoms with Gasteiger partial charge in [0, 0.05) is 25.1 Å². The number of benzene rings is 1. The topological polar surface area (TPSA) is 73.6 Å². The lowest BCUT2D eigenvalue weighted by atomic mass is 10.1. The zero-order valence-electron chi connectivity index (χ0n) is 12.4. The summed E-state index contributed by atoms with van der Waals surface area (Å²) < 4.78 is 10.7. The molecule has 20 heavy (non-hydrogen) atoms. The lowest BCUT2D eigenvalue weighted by Gasteiger charge is -2.22. The molecule has 112 valence electrons. The van der Waals surface area contributed by atoms with Gasteiger partial charge in [0.25, 0.3) is 0 Å². The Morgan fingerprint density at radius 3 is 2.75 bits per heavy atom. The molecule has 1 aromatic rings. The van der Waals surface area contributed by atoms with Crippen LogP contribution in [0, 0.1) is 0 Å². The zero-order valence-corrected chi connectivity index (χ0v) is 12.4. The average Bonchev–Trinajstić information content (AvgIpc) is 2.38. The summed E-state index contributed by atoms with van der Waals surface area (Å²) in [4.78, 5) is 11.7. The number of nitrogens with one attached hydrogen (secondary N) is 1. The molecule has 0 heterocycles. The molecule has 0 aliphatic heterocycles. The Labute approximate surface area is 120 Å². The molecule has 0 aliphatic carbocycles. The molecule has 1 aromatic carbocycles. The molecule has 0 unspecified atom stereocenters. The molecule has 0 aromatic heterocycles. The molecular weight excluding hydrogens is 256 g/mol. The van der Waals surface area contributed by atoms with Gasteiger partial charge < -0.3 is 20.5 Å². The predicted molar refractivity (Wildman–Crippen MR) is 80.6 cm³/mol. The van der Waals surface area contributed by atoms with E-state index in [0.717, 1.165) is 6.42 Å². The monoisotopic (exact) mass is 280 g/mol. The van der Waals surface area contributed by atoms with E-state index in [-0.39, 0.29) is 11.5 Å². The van der Waals surface area contributed by atoms with Crippen LogP contribution in [-0.2, 0) is 14.3 Å². The van der Waals surface area contributed by atoms with E-state index >= 15 is 0 Å². The van der Waals surface area contributed by atoms with Gasteiger partial charge in [0.1, 0.15) is 0 Å².